The van der Waals surface area contributed by atoms with Gasteiger partial charge in [0.25, 0.3) is 5.91 Å². The van der Waals surface area contributed by atoms with Crippen LogP contribution in [0.25, 0.3) is 11.1 Å². The Hall–Kier alpha value is -3.10. The zero-order chi connectivity index (χ0) is 19.7. The summed E-state index contributed by atoms with van der Waals surface area (Å²) in [6, 6.07) is 5.60. The summed E-state index contributed by atoms with van der Waals surface area (Å²) in [6.45, 7) is 2.75. The number of benzene rings is 1. The summed E-state index contributed by atoms with van der Waals surface area (Å²) in [5.74, 6) is -2.18. The first-order valence-corrected chi connectivity index (χ1v) is 7.41. The fraction of sp³-hybridized carbons (Fsp3) is 0.235. The molecule has 0 aliphatic heterocycles. The Bertz CT molecular complexity index is 864. The molecule has 0 saturated carbocycles. The van der Waals surface area contributed by atoms with Gasteiger partial charge in [-0.25, -0.2) is 4.98 Å². The van der Waals surface area contributed by atoms with Gasteiger partial charge in [0.05, 0.1) is 5.56 Å². The predicted octanol–water partition coefficient (Wildman–Crippen LogP) is 2.47. The fourth-order valence-electron chi connectivity index (χ4n) is 2.07. The van der Waals surface area contributed by atoms with E-state index in [1.54, 1.807) is 0 Å². The summed E-state index contributed by atoms with van der Waals surface area (Å²) in [6.07, 6.45) is -3.35. The second kappa shape index (κ2) is 6.66. The van der Waals surface area contributed by atoms with E-state index in [9.17, 15) is 27.9 Å². The van der Waals surface area contributed by atoms with Crippen molar-refractivity contribution in [3.63, 3.8) is 0 Å². The van der Waals surface area contributed by atoms with Crippen LogP contribution in [0.15, 0.2) is 36.5 Å². The highest BCUT2D eigenvalue weighted by atomic mass is 19.4. The molecule has 0 atom stereocenters. The Morgan fingerprint density at radius 3 is 2.35 bits per heavy atom. The van der Waals surface area contributed by atoms with Crippen molar-refractivity contribution in [1.82, 2.24) is 10.3 Å². The molecule has 0 unspecified atom stereocenters. The highest BCUT2D eigenvalue weighted by Gasteiger charge is 2.31. The maximum absolute atomic E-state index is 12.8. The summed E-state index contributed by atoms with van der Waals surface area (Å²) in [7, 11) is 0. The lowest BCUT2D eigenvalue weighted by molar-refractivity contribution is -0.137. The Morgan fingerprint density at radius 1 is 1.15 bits per heavy atom. The van der Waals surface area contributed by atoms with Crippen molar-refractivity contribution in [2.45, 2.75) is 25.6 Å². The topological polar surface area (TPSA) is 105 Å². The van der Waals surface area contributed by atoms with Crippen LogP contribution in [0.1, 0.15) is 29.9 Å². The third-order valence-electron chi connectivity index (χ3n) is 3.65. The molecule has 0 bridgehead atoms. The van der Waals surface area contributed by atoms with Gasteiger partial charge in [0, 0.05) is 11.8 Å². The number of pyridine rings is 1. The molecule has 2 aromatic rings. The Labute approximate surface area is 146 Å². The first-order chi connectivity index (χ1) is 11.9. The lowest BCUT2D eigenvalue weighted by Crippen LogP contribution is -2.53. The van der Waals surface area contributed by atoms with Gasteiger partial charge in [-0.3, -0.25) is 9.59 Å². The molecule has 0 aliphatic rings. The van der Waals surface area contributed by atoms with Crippen LogP contribution in [0.3, 0.4) is 0 Å². The monoisotopic (exact) mass is 367 g/mol. The number of aromatic nitrogens is 1. The second-order valence-electron chi connectivity index (χ2n) is 6.11. The van der Waals surface area contributed by atoms with Gasteiger partial charge >= 0.3 is 6.18 Å². The number of aromatic hydroxyl groups is 1. The van der Waals surface area contributed by atoms with E-state index in [0.717, 1.165) is 24.4 Å². The third-order valence-corrected chi connectivity index (χ3v) is 3.65. The van der Waals surface area contributed by atoms with Crippen LogP contribution < -0.4 is 11.1 Å². The van der Waals surface area contributed by atoms with E-state index < -0.39 is 34.8 Å². The molecule has 0 saturated heterocycles. The maximum Gasteiger partial charge on any atom is 0.416 e. The number of nitrogens with zero attached hydrogens (tertiary/aromatic N) is 1. The van der Waals surface area contributed by atoms with Crippen molar-refractivity contribution >= 4 is 11.8 Å². The van der Waals surface area contributed by atoms with Crippen LogP contribution in [0.4, 0.5) is 13.2 Å². The average Bonchev–Trinajstić information content (AvgIpc) is 2.53. The van der Waals surface area contributed by atoms with Gasteiger partial charge < -0.3 is 16.2 Å². The Kier molecular flexibility index (Phi) is 4.93. The molecule has 0 radical (unpaired) electrons. The quantitative estimate of drug-likeness (QED) is 0.772. The largest absolute Gasteiger partial charge is 0.505 e. The van der Waals surface area contributed by atoms with Crippen LogP contribution in [-0.4, -0.2) is 27.4 Å². The van der Waals surface area contributed by atoms with Crippen molar-refractivity contribution in [3.05, 3.63) is 47.8 Å². The molecular formula is C17H16F3N3O3. The van der Waals surface area contributed by atoms with Gasteiger partial charge in [0.15, 0.2) is 5.69 Å². The van der Waals surface area contributed by atoms with Crippen molar-refractivity contribution in [3.8, 4) is 16.9 Å². The molecule has 2 amide bonds. The molecule has 0 aliphatic carbocycles. The molecular weight excluding hydrogens is 351 g/mol. The molecule has 0 fully saturated rings. The van der Waals surface area contributed by atoms with Crippen molar-refractivity contribution in [1.29, 1.82) is 0 Å². The summed E-state index contributed by atoms with van der Waals surface area (Å²) >= 11 is 0. The number of primary amides is 1. The number of nitrogens with one attached hydrogen (secondary N) is 1. The molecule has 1 aromatic carbocycles. The Morgan fingerprint density at radius 2 is 1.81 bits per heavy atom. The van der Waals surface area contributed by atoms with Crippen LogP contribution >= 0.6 is 0 Å². The minimum Gasteiger partial charge on any atom is -0.505 e. The number of carbonyl (C=O) groups is 2. The van der Waals surface area contributed by atoms with Gasteiger partial charge in [-0.15, -0.1) is 0 Å². The molecule has 138 valence electrons. The summed E-state index contributed by atoms with van der Waals surface area (Å²) in [5, 5.41) is 12.3. The highest BCUT2D eigenvalue weighted by molar-refractivity contribution is 5.99. The zero-order valence-corrected chi connectivity index (χ0v) is 13.9. The second-order valence-corrected chi connectivity index (χ2v) is 6.11. The highest BCUT2D eigenvalue weighted by Crippen LogP contribution is 2.33. The van der Waals surface area contributed by atoms with Crippen molar-refractivity contribution in [2.75, 3.05) is 0 Å². The van der Waals surface area contributed by atoms with Crippen LogP contribution in [-0.2, 0) is 11.0 Å². The molecule has 9 heteroatoms. The summed E-state index contributed by atoms with van der Waals surface area (Å²) < 4.78 is 38.4. The minimum atomic E-state index is -4.51. The van der Waals surface area contributed by atoms with E-state index in [-0.39, 0.29) is 16.8 Å². The van der Waals surface area contributed by atoms with E-state index in [0.29, 0.717) is 0 Å². The number of hydrogen-bond acceptors (Lipinski definition) is 4. The number of amides is 2. The standard InChI is InChI=1S/C17H16F3N3O3/c1-16(2,15(21)26)23-14(25)13-12(24)7-10(8-22-13)9-4-3-5-11(6-9)17(18,19)20/h3-8,24H,1-2H3,(H2,21,26)(H,23,25). The fourth-order valence-corrected chi connectivity index (χ4v) is 2.07. The van der Waals surface area contributed by atoms with Gasteiger partial charge in [-0.1, -0.05) is 12.1 Å². The van der Waals surface area contributed by atoms with Crippen LogP contribution in [0.5, 0.6) is 5.75 Å². The molecule has 26 heavy (non-hydrogen) atoms. The summed E-state index contributed by atoms with van der Waals surface area (Å²) in [5.41, 5.74) is 2.93. The average molecular weight is 367 g/mol. The van der Waals surface area contributed by atoms with Gasteiger partial charge in [-0.2, -0.15) is 13.2 Å². The molecule has 1 heterocycles. The number of halogens is 3. The normalized spacial score (nSPS) is 11.9. The Balaban J connectivity index is 2.33. The van der Waals surface area contributed by atoms with E-state index in [4.69, 9.17) is 5.73 Å². The predicted molar refractivity (Wildman–Crippen MR) is 87.1 cm³/mol. The van der Waals surface area contributed by atoms with E-state index in [2.05, 4.69) is 10.3 Å². The van der Waals surface area contributed by atoms with Crippen molar-refractivity contribution in [2.24, 2.45) is 5.73 Å². The molecule has 0 spiro atoms. The smallest absolute Gasteiger partial charge is 0.416 e. The lowest BCUT2D eigenvalue weighted by Gasteiger charge is -2.22. The first kappa shape index (κ1) is 19.2. The van der Waals surface area contributed by atoms with Gasteiger partial charge in [-0.05, 0) is 37.6 Å². The van der Waals surface area contributed by atoms with E-state index in [1.807, 2.05) is 0 Å². The van der Waals surface area contributed by atoms with Crippen LogP contribution in [0.2, 0.25) is 0 Å². The van der Waals surface area contributed by atoms with Gasteiger partial charge in [0.1, 0.15) is 11.3 Å². The van der Waals surface area contributed by atoms with Gasteiger partial charge in [0.2, 0.25) is 5.91 Å². The number of carbonyl (C=O) groups excluding carboxylic acids is 2. The number of alkyl halides is 3. The SMILES string of the molecule is CC(C)(NC(=O)c1ncc(-c2cccc(C(F)(F)F)c2)cc1O)C(N)=O. The van der Waals surface area contributed by atoms with Crippen LogP contribution in [0, 0.1) is 0 Å². The molecule has 2 rings (SSSR count). The molecule has 1 aromatic heterocycles. The maximum atomic E-state index is 12.8. The molecule has 6 nitrogen and oxygen atoms in total. The lowest BCUT2D eigenvalue weighted by atomic mass is 10.0. The number of nitrogens with two attached hydrogens (primary N) is 1. The third kappa shape index (κ3) is 4.11. The first-order valence-electron chi connectivity index (χ1n) is 7.41. The molecule has 4 N–H and O–H groups in total. The van der Waals surface area contributed by atoms with E-state index in [1.165, 1.54) is 26.0 Å². The van der Waals surface area contributed by atoms with Crippen molar-refractivity contribution < 1.29 is 27.9 Å². The summed E-state index contributed by atoms with van der Waals surface area (Å²) in [4.78, 5) is 27.2. The zero-order valence-electron chi connectivity index (χ0n) is 13.9. The minimum absolute atomic E-state index is 0.173. The number of hydrogen-bond donors (Lipinski definition) is 3. The van der Waals surface area contributed by atoms with E-state index >= 15 is 0 Å². The number of rotatable bonds is 4.